The Kier molecular flexibility index (Phi) is 4.14. The maximum atomic E-state index is 10.5. The number of nitrogens with zero attached hydrogens (tertiary/aromatic N) is 4. The molecule has 7 heteroatoms. The zero-order valence-electron chi connectivity index (χ0n) is 15.7. The second kappa shape index (κ2) is 6.96. The van der Waals surface area contributed by atoms with E-state index < -0.39 is 0 Å². The van der Waals surface area contributed by atoms with Crippen LogP contribution in [0.5, 0.6) is 5.88 Å². The summed E-state index contributed by atoms with van der Waals surface area (Å²) in [6.45, 7) is 1.04. The van der Waals surface area contributed by atoms with Crippen LogP contribution in [-0.2, 0) is 6.54 Å². The Balaban J connectivity index is 1.58. The van der Waals surface area contributed by atoms with Gasteiger partial charge >= 0.3 is 0 Å². The molecule has 7 nitrogen and oxygen atoms in total. The summed E-state index contributed by atoms with van der Waals surface area (Å²) < 4.78 is 3.58. The highest BCUT2D eigenvalue weighted by Gasteiger charge is 2.13. The summed E-state index contributed by atoms with van der Waals surface area (Å²) in [6.07, 6.45) is 1.92. The first-order valence-electron chi connectivity index (χ1n) is 9.43. The van der Waals surface area contributed by atoms with Crippen molar-refractivity contribution in [2.45, 2.75) is 6.54 Å². The Morgan fingerprint density at radius 3 is 2.69 bits per heavy atom. The van der Waals surface area contributed by atoms with E-state index >= 15 is 0 Å². The van der Waals surface area contributed by atoms with Gasteiger partial charge in [0.25, 0.3) is 0 Å². The zero-order valence-corrected chi connectivity index (χ0v) is 15.7. The van der Waals surface area contributed by atoms with Crippen molar-refractivity contribution in [1.82, 2.24) is 19.2 Å². The number of pyridine rings is 1. The molecule has 0 aliphatic carbocycles. The predicted molar refractivity (Wildman–Crippen MR) is 114 cm³/mol. The minimum atomic E-state index is 0.226. The number of fused-ring (bicyclic) bond motifs is 2. The van der Waals surface area contributed by atoms with Gasteiger partial charge in [-0.1, -0.05) is 36.4 Å². The standard InChI is InChI=1S/C22H20N6O/c23-11-12-27-14-16-10-9-15(13-18(16)21(27)29)19-7-4-8-20-25-22(26-28(19)20)24-17-5-2-1-3-6-17/h1-10,13-14,29H,11-12,23H2,(H,24,26). The molecule has 29 heavy (non-hydrogen) atoms. The second-order valence-corrected chi connectivity index (χ2v) is 6.84. The lowest BCUT2D eigenvalue weighted by molar-refractivity contribution is 0.424. The molecule has 0 fully saturated rings. The third-order valence-corrected chi connectivity index (χ3v) is 4.92. The van der Waals surface area contributed by atoms with Gasteiger partial charge in [-0.15, -0.1) is 5.10 Å². The average molecular weight is 384 g/mol. The highest BCUT2D eigenvalue weighted by Crippen LogP contribution is 2.32. The van der Waals surface area contributed by atoms with E-state index in [0.29, 0.717) is 19.0 Å². The molecule has 4 N–H and O–H groups in total. The van der Waals surface area contributed by atoms with Gasteiger partial charge in [0, 0.05) is 41.3 Å². The number of benzene rings is 2. The molecule has 5 rings (SSSR count). The van der Waals surface area contributed by atoms with Crippen LogP contribution in [0.4, 0.5) is 11.6 Å². The fourth-order valence-electron chi connectivity index (χ4n) is 3.54. The summed E-state index contributed by atoms with van der Waals surface area (Å²) >= 11 is 0. The first-order valence-corrected chi connectivity index (χ1v) is 9.43. The summed E-state index contributed by atoms with van der Waals surface area (Å²) in [5.74, 6) is 0.756. The van der Waals surface area contributed by atoms with Crippen molar-refractivity contribution < 1.29 is 5.11 Å². The molecular formula is C22H20N6O. The Labute approximate surface area is 167 Å². The van der Waals surface area contributed by atoms with Crippen molar-refractivity contribution in [2.24, 2.45) is 5.73 Å². The minimum Gasteiger partial charge on any atom is -0.494 e. The largest absolute Gasteiger partial charge is 0.494 e. The summed E-state index contributed by atoms with van der Waals surface area (Å²) in [5, 5.41) is 20.2. The summed E-state index contributed by atoms with van der Waals surface area (Å²) in [6, 6.07) is 21.7. The number of aromatic nitrogens is 4. The predicted octanol–water partition coefficient (Wildman–Crippen LogP) is 3.76. The molecule has 2 aromatic carbocycles. The van der Waals surface area contributed by atoms with Gasteiger partial charge in [-0.3, -0.25) is 0 Å². The fraction of sp³-hybridized carbons (Fsp3) is 0.0909. The highest BCUT2D eigenvalue weighted by molar-refractivity contribution is 5.91. The molecule has 5 aromatic rings. The maximum Gasteiger partial charge on any atom is 0.247 e. The molecule has 0 saturated carbocycles. The Morgan fingerprint density at radius 2 is 1.86 bits per heavy atom. The van der Waals surface area contributed by atoms with Crippen LogP contribution in [-0.4, -0.2) is 30.8 Å². The molecule has 0 unspecified atom stereocenters. The Hall–Kier alpha value is -3.84. The van der Waals surface area contributed by atoms with E-state index in [0.717, 1.165) is 33.4 Å². The van der Waals surface area contributed by atoms with Gasteiger partial charge in [0.2, 0.25) is 5.95 Å². The van der Waals surface area contributed by atoms with Gasteiger partial charge in [0.15, 0.2) is 11.5 Å². The molecule has 3 aromatic heterocycles. The van der Waals surface area contributed by atoms with Crippen LogP contribution in [0.3, 0.4) is 0 Å². The van der Waals surface area contributed by atoms with Crippen LogP contribution >= 0.6 is 0 Å². The van der Waals surface area contributed by atoms with E-state index in [1.54, 1.807) is 9.08 Å². The Bertz CT molecular complexity index is 1310. The zero-order chi connectivity index (χ0) is 19.8. The van der Waals surface area contributed by atoms with Crippen LogP contribution in [0.25, 0.3) is 27.7 Å². The number of anilines is 2. The number of nitrogens with two attached hydrogens (primary N) is 1. The molecule has 0 radical (unpaired) electrons. The third kappa shape index (κ3) is 3.07. The number of hydrogen-bond acceptors (Lipinski definition) is 5. The van der Waals surface area contributed by atoms with E-state index in [1.165, 1.54) is 0 Å². The summed E-state index contributed by atoms with van der Waals surface area (Å²) in [5.41, 5.74) is 9.14. The molecule has 0 saturated heterocycles. The molecule has 144 valence electrons. The first-order chi connectivity index (χ1) is 14.2. The second-order valence-electron chi connectivity index (χ2n) is 6.84. The molecule has 0 amide bonds. The smallest absolute Gasteiger partial charge is 0.247 e. The quantitative estimate of drug-likeness (QED) is 0.429. The van der Waals surface area contributed by atoms with Crippen LogP contribution < -0.4 is 11.1 Å². The van der Waals surface area contributed by atoms with Crippen molar-refractivity contribution in [1.29, 1.82) is 0 Å². The number of aromatic hydroxyl groups is 1. The molecule has 0 aliphatic rings. The van der Waals surface area contributed by atoms with Crippen LogP contribution in [0.2, 0.25) is 0 Å². The average Bonchev–Trinajstić information content (AvgIpc) is 3.29. The van der Waals surface area contributed by atoms with Gasteiger partial charge in [0.1, 0.15) is 0 Å². The molecule has 3 heterocycles. The minimum absolute atomic E-state index is 0.226. The maximum absolute atomic E-state index is 10.5. The van der Waals surface area contributed by atoms with E-state index in [9.17, 15) is 5.11 Å². The Morgan fingerprint density at radius 1 is 1.00 bits per heavy atom. The molecule has 0 spiro atoms. The molecule has 0 atom stereocenters. The normalized spacial score (nSPS) is 11.3. The van der Waals surface area contributed by atoms with Crippen molar-refractivity contribution in [3.05, 3.63) is 72.9 Å². The van der Waals surface area contributed by atoms with Gasteiger partial charge in [-0.05, 0) is 30.3 Å². The van der Waals surface area contributed by atoms with Crippen LogP contribution in [0.1, 0.15) is 0 Å². The van der Waals surface area contributed by atoms with E-state index in [4.69, 9.17) is 5.73 Å². The van der Waals surface area contributed by atoms with Gasteiger partial charge in [0.05, 0.1) is 5.69 Å². The van der Waals surface area contributed by atoms with Crippen LogP contribution in [0, 0.1) is 0 Å². The van der Waals surface area contributed by atoms with Crippen molar-refractivity contribution in [2.75, 3.05) is 11.9 Å². The lowest BCUT2D eigenvalue weighted by atomic mass is 10.1. The summed E-state index contributed by atoms with van der Waals surface area (Å²) in [7, 11) is 0. The number of nitrogens with one attached hydrogen (secondary N) is 1. The number of hydrogen-bond donors (Lipinski definition) is 3. The highest BCUT2D eigenvalue weighted by atomic mass is 16.3. The SMILES string of the molecule is NCCn1cc2ccc(-c3cccc4nc(Nc5ccccc5)nn34)cc2c1O. The van der Waals surface area contributed by atoms with E-state index in [-0.39, 0.29) is 5.88 Å². The van der Waals surface area contributed by atoms with Gasteiger partial charge < -0.3 is 20.7 Å². The number of rotatable bonds is 5. The topological polar surface area (TPSA) is 93.4 Å². The van der Waals surface area contributed by atoms with E-state index in [1.807, 2.05) is 72.9 Å². The first kappa shape index (κ1) is 17.3. The monoisotopic (exact) mass is 384 g/mol. The number of para-hydroxylation sites is 1. The van der Waals surface area contributed by atoms with Crippen molar-refractivity contribution in [3.8, 4) is 17.1 Å². The van der Waals surface area contributed by atoms with E-state index in [2.05, 4.69) is 15.4 Å². The summed E-state index contributed by atoms with van der Waals surface area (Å²) in [4.78, 5) is 4.58. The van der Waals surface area contributed by atoms with Crippen LogP contribution in [0.15, 0.2) is 72.9 Å². The fourth-order valence-corrected chi connectivity index (χ4v) is 3.54. The van der Waals surface area contributed by atoms with Gasteiger partial charge in [-0.25, -0.2) is 4.52 Å². The van der Waals surface area contributed by atoms with Crippen molar-refractivity contribution in [3.63, 3.8) is 0 Å². The lowest BCUT2D eigenvalue weighted by Crippen LogP contribution is -2.08. The molecule has 0 bridgehead atoms. The van der Waals surface area contributed by atoms with Gasteiger partial charge in [-0.2, -0.15) is 4.98 Å². The molecular weight excluding hydrogens is 364 g/mol. The molecule has 0 aliphatic heterocycles. The van der Waals surface area contributed by atoms with Crippen molar-refractivity contribution >= 4 is 28.1 Å². The third-order valence-electron chi connectivity index (χ3n) is 4.92. The lowest BCUT2D eigenvalue weighted by Gasteiger charge is -2.05.